The van der Waals surface area contributed by atoms with Crippen LogP contribution in [0.4, 0.5) is 0 Å². The molecular weight excluding hydrogens is 352 g/mol. The summed E-state index contributed by atoms with van der Waals surface area (Å²) >= 11 is 5.96. The van der Waals surface area contributed by atoms with Crippen molar-refractivity contribution in [3.63, 3.8) is 0 Å². The van der Waals surface area contributed by atoms with Crippen molar-refractivity contribution >= 4 is 17.6 Å². The minimum atomic E-state index is -0.736. The second-order valence-electron chi connectivity index (χ2n) is 7.40. The fraction of sp³-hybridized carbons (Fsp3) is 0.500. The number of oxazole rings is 1. The molecule has 6 heteroatoms. The molecule has 0 radical (unpaired) electrons. The maximum atomic E-state index is 11.8. The van der Waals surface area contributed by atoms with Gasteiger partial charge in [-0.15, -0.1) is 0 Å². The molecule has 5 nitrogen and oxygen atoms in total. The van der Waals surface area contributed by atoms with Crippen LogP contribution in [0.3, 0.4) is 0 Å². The third-order valence-corrected chi connectivity index (χ3v) is 6.02. The second kappa shape index (κ2) is 7.05. The molecule has 1 aromatic carbocycles. The van der Waals surface area contributed by atoms with Crippen molar-refractivity contribution in [2.45, 2.75) is 57.7 Å². The van der Waals surface area contributed by atoms with Crippen LogP contribution in [0.1, 0.15) is 43.7 Å². The van der Waals surface area contributed by atoms with E-state index in [9.17, 15) is 9.90 Å². The average Bonchev–Trinajstić information content (AvgIpc) is 3.17. The molecule has 1 aliphatic carbocycles. The molecule has 1 aliphatic heterocycles. The van der Waals surface area contributed by atoms with Gasteiger partial charge in [0.25, 0.3) is 0 Å². The molecule has 1 aromatic heterocycles. The number of carboxylic acid groups (broad SMARTS) is 1. The minimum Gasteiger partial charge on any atom is -0.480 e. The third-order valence-electron chi connectivity index (χ3n) is 5.77. The number of halogens is 1. The largest absolute Gasteiger partial charge is 0.480 e. The van der Waals surface area contributed by atoms with Crippen LogP contribution >= 0.6 is 11.6 Å². The van der Waals surface area contributed by atoms with E-state index in [1.165, 1.54) is 12.8 Å². The SMILES string of the molecule is Cc1nc(CN2C(C(=O)O)CC3CCCCC32)oc1-c1ccc(Cl)cc1. The Labute approximate surface area is 158 Å². The number of carboxylic acids is 1. The van der Waals surface area contributed by atoms with Crippen LogP contribution in [-0.2, 0) is 11.3 Å². The van der Waals surface area contributed by atoms with E-state index in [1.807, 2.05) is 31.2 Å². The number of aryl methyl sites for hydroxylation is 1. The summed E-state index contributed by atoms with van der Waals surface area (Å²) in [4.78, 5) is 18.4. The molecule has 2 aliphatic rings. The summed E-state index contributed by atoms with van der Waals surface area (Å²) in [5.41, 5.74) is 1.74. The first-order valence-corrected chi connectivity index (χ1v) is 9.61. The topological polar surface area (TPSA) is 66.6 Å². The average molecular weight is 375 g/mol. The third kappa shape index (κ3) is 3.26. The van der Waals surface area contributed by atoms with Crippen molar-refractivity contribution in [2.24, 2.45) is 5.92 Å². The summed E-state index contributed by atoms with van der Waals surface area (Å²) in [7, 11) is 0. The number of aromatic nitrogens is 1. The first-order valence-electron chi connectivity index (χ1n) is 9.23. The molecule has 4 rings (SSSR count). The first kappa shape index (κ1) is 17.6. The summed E-state index contributed by atoms with van der Waals surface area (Å²) in [6.45, 7) is 2.37. The lowest BCUT2D eigenvalue weighted by Gasteiger charge is -2.32. The van der Waals surface area contributed by atoms with E-state index < -0.39 is 12.0 Å². The van der Waals surface area contributed by atoms with Crippen LogP contribution < -0.4 is 0 Å². The monoisotopic (exact) mass is 374 g/mol. The molecule has 2 fully saturated rings. The van der Waals surface area contributed by atoms with E-state index in [-0.39, 0.29) is 0 Å². The zero-order chi connectivity index (χ0) is 18.3. The normalized spacial score (nSPS) is 26.0. The Morgan fingerprint density at radius 2 is 2.04 bits per heavy atom. The van der Waals surface area contributed by atoms with Crippen molar-refractivity contribution < 1.29 is 14.3 Å². The predicted molar refractivity (Wildman–Crippen MR) is 99.0 cm³/mol. The van der Waals surface area contributed by atoms with Crippen LogP contribution in [0, 0.1) is 12.8 Å². The quantitative estimate of drug-likeness (QED) is 0.852. The van der Waals surface area contributed by atoms with E-state index in [0.717, 1.165) is 36.3 Å². The number of hydrogen-bond donors (Lipinski definition) is 1. The van der Waals surface area contributed by atoms with Gasteiger partial charge in [0.1, 0.15) is 6.04 Å². The van der Waals surface area contributed by atoms with Crippen LogP contribution in [0.2, 0.25) is 5.02 Å². The van der Waals surface area contributed by atoms with Gasteiger partial charge in [-0.1, -0.05) is 24.4 Å². The van der Waals surface area contributed by atoms with Crippen LogP contribution in [0.5, 0.6) is 0 Å². The molecule has 1 saturated carbocycles. The molecule has 0 amide bonds. The van der Waals surface area contributed by atoms with E-state index in [4.69, 9.17) is 16.0 Å². The fourth-order valence-electron chi connectivity index (χ4n) is 4.57. The Morgan fingerprint density at radius 1 is 1.31 bits per heavy atom. The van der Waals surface area contributed by atoms with Gasteiger partial charge >= 0.3 is 5.97 Å². The van der Waals surface area contributed by atoms with Gasteiger partial charge in [-0.05, 0) is 56.4 Å². The number of benzene rings is 1. The lowest BCUT2D eigenvalue weighted by atomic mass is 9.85. The molecule has 1 N–H and O–H groups in total. The summed E-state index contributed by atoms with van der Waals surface area (Å²) in [6, 6.07) is 7.36. The summed E-state index contributed by atoms with van der Waals surface area (Å²) in [5.74, 6) is 1.06. The molecule has 0 bridgehead atoms. The van der Waals surface area contributed by atoms with Crippen LogP contribution in [0.15, 0.2) is 28.7 Å². The summed E-state index contributed by atoms with van der Waals surface area (Å²) in [5, 5.41) is 10.3. The second-order valence-corrected chi connectivity index (χ2v) is 7.84. The molecule has 3 unspecified atom stereocenters. The standard InChI is InChI=1S/C20H23ClN2O3/c1-12-19(13-6-8-15(21)9-7-13)26-18(22-12)11-23-16-5-3-2-4-14(16)10-17(23)20(24)25/h6-9,14,16-17H,2-5,10-11H2,1H3,(H,24,25). The molecule has 3 atom stereocenters. The van der Waals surface area contributed by atoms with Gasteiger partial charge in [0, 0.05) is 16.6 Å². The van der Waals surface area contributed by atoms with Gasteiger partial charge in [0.15, 0.2) is 5.76 Å². The van der Waals surface area contributed by atoms with E-state index in [0.29, 0.717) is 29.4 Å². The van der Waals surface area contributed by atoms with Gasteiger partial charge < -0.3 is 9.52 Å². The molecule has 2 aromatic rings. The van der Waals surface area contributed by atoms with Gasteiger partial charge in [-0.2, -0.15) is 0 Å². The highest BCUT2D eigenvalue weighted by Crippen LogP contribution is 2.40. The van der Waals surface area contributed by atoms with Crippen molar-refractivity contribution in [3.05, 3.63) is 40.9 Å². The number of rotatable bonds is 4. The lowest BCUT2D eigenvalue weighted by Crippen LogP contribution is -2.41. The minimum absolute atomic E-state index is 0.330. The van der Waals surface area contributed by atoms with Gasteiger partial charge in [0.05, 0.1) is 12.2 Å². The Balaban J connectivity index is 1.59. The highest BCUT2D eigenvalue weighted by atomic mass is 35.5. The van der Waals surface area contributed by atoms with E-state index in [2.05, 4.69) is 9.88 Å². The number of nitrogens with zero attached hydrogens (tertiary/aromatic N) is 2. The molecular formula is C20H23ClN2O3. The van der Waals surface area contributed by atoms with Crippen LogP contribution in [-0.4, -0.2) is 33.0 Å². The number of hydrogen-bond acceptors (Lipinski definition) is 4. The number of likely N-dealkylation sites (tertiary alicyclic amines) is 1. The van der Waals surface area contributed by atoms with E-state index in [1.54, 1.807) is 0 Å². The van der Waals surface area contributed by atoms with Crippen molar-refractivity contribution in [2.75, 3.05) is 0 Å². The van der Waals surface area contributed by atoms with Crippen LogP contribution in [0.25, 0.3) is 11.3 Å². The fourth-order valence-corrected chi connectivity index (χ4v) is 4.69. The molecule has 26 heavy (non-hydrogen) atoms. The highest BCUT2D eigenvalue weighted by molar-refractivity contribution is 6.30. The van der Waals surface area contributed by atoms with Crippen molar-refractivity contribution in [3.8, 4) is 11.3 Å². The van der Waals surface area contributed by atoms with E-state index >= 15 is 0 Å². The predicted octanol–water partition coefficient (Wildman–Crippen LogP) is 4.52. The molecule has 2 heterocycles. The highest BCUT2D eigenvalue weighted by Gasteiger charge is 2.45. The lowest BCUT2D eigenvalue weighted by molar-refractivity contribution is -0.143. The number of fused-ring (bicyclic) bond motifs is 1. The Hall–Kier alpha value is -1.85. The number of aliphatic carboxylic acids is 1. The maximum Gasteiger partial charge on any atom is 0.320 e. The Morgan fingerprint density at radius 3 is 2.77 bits per heavy atom. The van der Waals surface area contributed by atoms with Gasteiger partial charge in [-0.25, -0.2) is 4.98 Å². The maximum absolute atomic E-state index is 11.8. The summed E-state index contributed by atoms with van der Waals surface area (Å²) in [6.07, 6.45) is 5.32. The Bertz CT molecular complexity index is 802. The molecule has 138 valence electrons. The Kier molecular flexibility index (Phi) is 4.76. The zero-order valence-corrected chi connectivity index (χ0v) is 15.6. The first-order chi connectivity index (χ1) is 12.5. The molecule has 1 saturated heterocycles. The summed E-state index contributed by atoms with van der Waals surface area (Å²) < 4.78 is 6.02. The number of carbonyl (C=O) groups is 1. The van der Waals surface area contributed by atoms with Gasteiger partial charge in [-0.3, -0.25) is 9.69 Å². The smallest absolute Gasteiger partial charge is 0.320 e. The molecule has 0 spiro atoms. The van der Waals surface area contributed by atoms with Crippen molar-refractivity contribution in [1.82, 2.24) is 9.88 Å². The zero-order valence-electron chi connectivity index (χ0n) is 14.8. The van der Waals surface area contributed by atoms with Crippen molar-refractivity contribution in [1.29, 1.82) is 0 Å². The van der Waals surface area contributed by atoms with Gasteiger partial charge in [0.2, 0.25) is 5.89 Å².